The first-order chi connectivity index (χ1) is 9.74. The van der Waals surface area contributed by atoms with E-state index in [0.29, 0.717) is 25.2 Å². The Hall–Kier alpha value is -0.930. The zero-order chi connectivity index (χ0) is 15.7. The first-order valence-corrected chi connectivity index (χ1v) is 10.4. The highest BCUT2D eigenvalue weighted by Gasteiger charge is 2.29. The summed E-state index contributed by atoms with van der Waals surface area (Å²) in [5.74, 6) is 0.208. The van der Waals surface area contributed by atoms with Crippen LogP contribution in [0.3, 0.4) is 0 Å². The van der Waals surface area contributed by atoms with Gasteiger partial charge in [-0.05, 0) is 32.1 Å². The van der Waals surface area contributed by atoms with Crippen molar-refractivity contribution in [3.63, 3.8) is 0 Å². The third kappa shape index (κ3) is 3.83. The maximum absolute atomic E-state index is 11.9. The fourth-order valence-electron chi connectivity index (χ4n) is 2.68. The minimum absolute atomic E-state index is 0.0956. The van der Waals surface area contributed by atoms with Crippen LogP contribution in [0.2, 0.25) is 0 Å². The third-order valence-corrected chi connectivity index (χ3v) is 6.81. The lowest BCUT2D eigenvalue weighted by molar-refractivity contribution is 0.263. The fraction of sp³-hybridized carbons (Fsp3) is 0.750. The summed E-state index contributed by atoms with van der Waals surface area (Å²) < 4.78 is 48.7. The van der Waals surface area contributed by atoms with Crippen molar-refractivity contribution in [3.05, 3.63) is 11.9 Å². The first-order valence-electron chi connectivity index (χ1n) is 6.94. The fourth-order valence-corrected chi connectivity index (χ4v) is 4.72. The zero-order valence-corrected chi connectivity index (χ0v) is 13.9. The Morgan fingerprint density at radius 1 is 1.38 bits per heavy atom. The minimum atomic E-state index is -3.31. The largest absolute Gasteiger partial charge is 0.281 e. The average molecular weight is 335 g/mol. The molecule has 2 heterocycles. The molecule has 0 spiro atoms. The Kier molecular flexibility index (Phi) is 4.74. The predicted octanol–water partition coefficient (Wildman–Crippen LogP) is 0.417. The van der Waals surface area contributed by atoms with Crippen LogP contribution in [-0.2, 0) is 26.3 Å². The highest BCUT2D eigenvalue weighted by atomic mass is 32.2. The number of rotatable bonds is 5. The molecule has 9 heteroatoms. The lowest BCUT2D eigenvalue weighted by Gasteiger charge is -2.31. The van der Waals surface area contributed by atoms with Crippen LogP contribution in [0.25, 0.3) is 0 Å². The van der Waals surface area contributed by atoms with Crippen molar-refractivity contribution in [1.82, 2.24) is 14.5 Å². The van der Waals surface area contributed by atoms with Crippen LogP contribution in [0.5, 0.6) is 0 Å². The molecule has 0 bridgehead atoms. The van der Waals surface area contributed by atoms with Crippen LogP contribution in [0, 0.1) is 5.92 Å². The van der Waals surface area contributed by atoms with Gasteiger partial charge in [0.15, 0.2) is 9.84 Å². The van der Waals surface area contributed by atoms with E-state index in [1.54, 1.807) is 6.92 Å². The van der Waals surface area contributed by atoms with Gasteiger partial charge in [-0.25, -0.2) is 21.1 Å². The van der Waals surface area contributed by atoms with Gasteiger partial charge < -0.3 is 0 Å². The van der Waals surface area contributed by atoms with Crippen molar-refractivity contribution in [3.8, 4) is 0 Å². The highest BCUT2D eigenvalue weighted by molar-refractivity contribution is 7.90. The van der Waals surface area contributed by atoms with Crippen molar-refractivity contribution in [1.29, 1.82) is 0 Å². The van der Waals surface area contributed by atoms with E-state index in [0.717, 1.165) is 19.1 Å². The summed E-state index contributed by atoms with van der Waals surface area (Å²) in [4.78, 5) is 0.206. The average Bonchev–Trinajstić information content (AvgIpc) is 2.87. The molecule has 1 saturated heterocycles. The quantitative estimate of drug-likeness (QED) is 0.840. The van der Waals surface area contributed by atoms with Gasteiger partial charge in [-0.2, -0.15) is 5.10 Å². The number of nitrogens with zero attached hydrogens (tertiary/aromatic N) is 2. The second kappa shape index (κ2) is 6.05. The summed E-state index contributed by atoms with van der Waals surface area (Å²) in [6.07, 6.45) is 4.65. The molecule has 1 N–H and O–H groups in total. The van der Waals surface area contributed by atoms with E-state index in [4.69, 9.17) is 0 Å². The van der Waals surface area contributed by atoms with Gasteiger partial charge in [-0.1, -0.05) is 0 Å². The summed E-state index contributed by atoms with van der Waals surface area (Å²) in [7, 11) is -6.50. The van der Waals surface area contributed by atoms with E-state index in [1.165, 1.54) is 10.5 Å². The molecule has 1 aliphatic heterocycles. The number of hydrogen-bond acceptors (Lipinski definition) is 5. The molecule has 1 atom stereocenters. The molecule has 0 aromatic carbocycles. The first kappa shape index (κ1) is 16.4. The van der Waals surface area contributed by atoms with Crippen LogP contribution in [0.15, 0.2) is 11.1 Å². The number of hydrogen-bond donors (Lipinski definition) is 1. The van der Waals surface area contributed by atoms with Gasteiger partial charge in [0.2, 0.25) is 10.0 Å². The number of sulfone groups is 1. The summed E-state index contributed by atoms with van der Waals surface area (Å²) in [5, 5.41) is 6.53. The molecular weight excluding hydrogens is 314 g/mol. The predicted molar refractivity (Wildman–Crippen MR) is 79.2 cm³/mol. The molecule has 2 rings (SSSR count). The van der Waals surface area contributed by atoms with Crippen molar-refractivity contribution < 1.29 is 16.8 Å². The molecule has 21 heavy (non-hydrogen) atoms. The normalized spacial score (nSPS) is 21.5. The lowest BCUT2D eigenvalue weighted by Crippen LogP contribution is -2.41. The summed E-state index contributed by atoms with van der Waals surface area (Å²) >= 11 is 0. The van der Waals surface area contributed by atoms with Crippen LogP contribution in [0.4, 0.5) is 0 Å². The molecule has 0 aliphatic carbocycles. The molecule has 7 nitrogen and oxygen atoms in total. The molecule has 120 valence electrons. The van der Waals surface area contributed by atoms with Gasteiger partial charge in [0.05, 0.1) is 17.6 Å². The van der Waals surface area contributed by atoms with Gasteiger partial charge in [0.25, 0.3) is 0 Å². The van der Waals surface area contributed by atoms with Crippen LogP contribution < -0.4 is 0 Å². The Balaban J connectivity index is 2.13. The zero-order valence-electron chi connectivity index (χ0n) is 12.2. The van der Waals surface area contributed by atoms with Crippen LogP contribution in [0.1, 0.15) is 25.5 Å². The van der Waals surface area contributed by atoms with Crippen molar-refractivity contribution in [2.24, 2.45) is 5.92 Å². The third-order valence-electron chi connectivity index (χ3n) is 3.81. The van der Waals surface area contributed by atoms with E-state index < -0.39 is 19.9 Å². The molecule has 0 saturated carbocycles. The van der Waals surface area contributed by atoms with Crippen LogP contribution in [-0.4, -0.2) is 56.4 Å². The van der Waals surface area contributed by atoms with Gasteiger partial charge in [-0.15, -0.1) is 0 Å². The molecule has 1 aromatic rings. The molecule has 1 aliphatic rings. The number of aromatic amines is 1. The summed E-state index contributed by atoms with van der Waals surface area (Å²) in [6, 6.07) is 0. The van der Waals surface area contributed by atoms with Gasteiger partial charge in [0.1, 0.15) is 4.90 Å². The standard InChI is InChI=1S/C12H21N3O4S2/c1-3-21(18,19)15-6-4-5-10(9-15)7-11-12(8-13-14-11)20(2,16)17/h8,10H,3-7,9H2,1-2H3,(H,13,14)/t10-/m1/s1. The SMILES string of the molecule is CCS(=O)(=O)N1CCC[C@H](Cc2[nH]ncc2S(C)(=O)=O)C1. The van der Waals surface area contributed by atoms with Gasteiger partial charge in [0, 0.05) is 19.3 Å². The van der Waals surface area contributed by atoms with E-state index in [1.807, 2.05) is 0 Å². The monoisotopic (exact) mass is 335 g/mol. The smallest absolute Gasteiger partial charge is 0.213 e. The van der Waals surface area contributed by atoms with Gasteiger partial charge in [-0.3, -0.25) is 5.10 Å². The molecule has 0 unspecified atom stereocenters. The number of nitrogens with one attached hydrogen (secondary N) is 1. The summed E-state index contributed by atoms with van der Waals surface area (Å²) in [6.45, 7) is 2.63. The second-order valence-corrected chi connectivity index (χ2v) is 9.70. The van der Waals surface area contributed by atoms with E-state index >= 15 is 0 Å². The Morgan fingerprint density at radius 2 is 2.10 bits per heavy atom. The Labute approximate surface area is 125 Å². The summed E-state index contributed by atoms with van der Waals surface area (Å²) in [5.41, 5.74) is 0.568. The lowest BCUT2D eigenvalue weighted by atomic mass is 9.95. The van der Waals surface area contributed by atoms with Crippen molar-refractivity contribution in [2.45, 2.75) is 31.1 Å². The molecule has 1 aromatic heterocycles. The molecular formula is C12H21N3O4S2. The molecule has 0 radical (unpaired) electrons. The van der Waals surface area contributed by atoms with E-state index in [2.05, 4.69) is 10.2 Å². The number of piperidine rings is 1. The van der Waals surface area contributed by atoms with Crippen LogP contribution >= 0.6 is 0 Å². The Morgan fingerprint density at radius 3 is 2.71 bits per heavy atom. The molecule has 0 amide bonds. The number of aromatic nitrogens is 2. The number of H-pyrrole nitrogens is 1. The Bertz CT molecular complexity index is 694. The second-order valence-electron chi connectivity index (χ2n) is 5.46. The van der Waals surface area contributed by atoms with Gasteiger partial charge >= 0.3 is 0 Å². The van der Waals surface area contributed by atoms with E-state index in [9.17, 15) is 16.8 Å². The van der Waals surface area contributed by atoms with Crippen molar-refractivity contribution >= 4 is 19.9 Å². The minimum Gasteiger partial charge on any atom is -0.281 e. The maximum Gasteiger partial charge on any atom is 0.213 e. The molecule has 1 fully saturated rings. The maximum atomic E-state index is 11.9. The topological polar surface area (TPSA) is 100 Å². The number of sulfonamides is 1. The van der Waals surface area contributed by atoms with E-state index in [-0.39, 0.29) is 16.6 Å². The highest BCUT2D eigenvalue weighted by Crippen LogP contribution is 2.24. The van der Waals surface area contributed by atoms with Crippen molar-refractivity contribution in [2.75, 3.05) is 25.1 Å².